The first-order valence-corrected chi connectivity index (χ1v) is 7.12. The highest BCUT2D eigenvalue weighted by atomic mass is 16.5. The van der Waals surface area contributed by atoms with Gasteiger partial charge in [0.25, 0.3) is 0 Å². The zero-order valence-corrected chi connectivity index (χ0v) is 13.4. The Morgan fingerprint density at radius 1 is 1.14 bits per heavy atom. The maximum absolute atomic E-state index is 11.7. The second kappa shape index (κ2) is 6.98. The summed E-state index contributed by atoms with van der Waals surface area (Å²) in [6.07, 6.45) is -0.404. The molecule has 0 saturated carbocycles. The summed E-state index contributed by atoms with van der Waals surface area (Å²) in [5.41, 5.74) is 4.00. The highest BCUT2D eigenvalue weighted by Gasteiger charge is 2.14. The van der Waals surface area contributed by atoms with Gasteiger partial charge in [-0.1, -0.05) is 35.9 Å². The van der Waals surface area contributed by atoms with E-state index in [1.165, 1.54) is 17.6 Å². The molecule has 0 aromatic heterocycles. The van der Waals surface area contributed by atoms with E-state index < -0.39 is 6.09 Å². The van der Waals surface area contributed by atoms with Crippen molar-refractivity contribution < 1.29 is 14.3 Å². The summed E-state index contributed by atoms with van der Waals surface area (Å²) in [4.78, 5) is 13.2. The number of rotatable bonds is 4. The van der Waals surface area contributed by atoms with Crippen LogP contribution in [-0.2, 0) is 11.3 Å². The summed E-state index contributed by atoms with van der Waals surface area (Å²) in [5, 5.41) is 0. The molecule has 0 aliphatic rings. The third-order valence-corrected chi connectivity index (χ3v) is 3.52. The molecular formula is C18H21NO3. The van der Waals surface area contributed by atoms with Crippen molar-refractivity contribution in [3.8, 4) is 5.75 Å². The van der Waals surface area contributed by atoms with E-state index in [2.05, 4.69) is 13.0 Å². The molecule has 0 bridgehead atoms. The Bertz CT molecular complexity index is 667. The van der Waals surface area contributed by atoms with E-state index in [4.69, 9.17) is 9.47 Å². The molecule has 0 aliphatic carbocycles. The Balaban J connectivity index is 2.18. The zero-order valence-electron chi connectivity index (χ0n) is 13.4. The fourth-order valence-corrected chi connectivity index (χ4v) is 2.31. The average Bonchev–Trinajstić information content (AvgIpc) is 2.53. The highest BCUT2D eigenvalue weighted by Crippen LogP contribution is 2.24. The molecule has 0 spiro atoms. The molecule has 116 valence electrons. The van der Waals surface area contributed by atoms with Crippen LogP contribution in [0.2, 0.25) is 0 Å². The second-order valence-corrected chi connectivity index (χ2v) is 5.22. The fraction of sp³-hybridized carbons (Fsp3) is 0.278. The molecule has 0 unspecified atom stereocenters. The average molecular weight is 299 g/mol. The van der Waals surface area contributed by atoms with Crippen molar-refractivity contribution >= 4 is 11.8 Å². The Hall–Kier alpha value is -2.49. The van der Waals surface area contributed by atoms with E-state index in [9.17, 15) is 4.79 Å². The molecule has 0 N–H and O–H groups in total. The van der Waals surface area contributed by atoms with Crippen molar-refractivity contribution in [3.05, 3.63) is 59.2 Å². The van der Waals surface area contributed by atoms with Crippen LogP contribution in [0.15, 0.2) is 42.5 Å². The molecule has 4 heteroatoms. The maximum Gasteiger partial charge on any atom is 0.413 e. The van der Waals surface area contributed by atoms with Crippen LogP contribution in [-0.4, -0.2) is 20.3 Å². The van der Waals surface area contributed by atoms with E-state index in [1.54, 1.807) is 7.05 Å². The van der Waals surface area contributed by atoms with Crippen LogP contribution in [0.25, 0.3) is 0 Å². The fourth-order valence-electron chi connectivity index (χ4n) is 2.31. The number of ether oxygens (including phenoxy) is 2. The van der Waals surface area contributed by atoms with Crippen molar-refractivity contribution in [1.82, 2.24) is 0 Å². The largest absolute Gasteiger partial charge is 0.489 e. The molecule has 4 nitrogen and oxygen atoms in total. The monoisotopic (exact) mass is 299 g/mol. The Labute approximate surface area is 131 Å². The number of hydrogen-bond donors (Lipinski definition) is 0. The molecule has 2 aromatic rings. The van der Waals surface area contributed by atoms with Gasteiger partial charge in [0.1, 0.15) is 12.4 Å². The predicted octanol–water partition coefficient (Wildman–Crippen LogP) is 4.09. The van der Waals surface area contributed by atoms with Crippen molar-refractivity contribution in [2.45, 2.75) is 20.5 Å². The lowest BCUT2D eigenvalue weighted by molar-refractivity contribution is 0.180. The van der Waals surface area contributed by atoms with Crippen LogP contribution >= 0.6 is 0 Å². The van der Waals surface area contributed by atoms with Gasteiger partial charge in [-0.3, -0.25) is 4.90 Å². The van der Waals surface area contributed by atoms with Gasteiger partial charge in [0, 0.05) is 12.6 Å². The topological polar surface area (TPSA) is 38.8 Å². The summed E-state index contributed by atoms with van der Waals surface area (Å²) < 4.78 is 10.7. The highest BCUT2D eigenvalue weighted by molar-refractivity contribution is 5.87. The summed E-state index contributed by atoms with van der Waals surface area (Å²) in [6.45, 7) is 4.47. The number of benzene rings is 2. The standard InChI is InChI=1S/C18H21NO3/c1-13-9-10-17(14(2)11-13)22-12-15-7-5-6-8-16(15)19(3)18(20)21-4/h5-11H,12H2,1-4H3. The number of hydrogen-bond acceptors (Lipinski definition) is 3. The Morgan fingerprint density at radius 3 is 2.55 bits per heavy atom. The van der Waals surface area contributed by atoms with Gasteiger partial charge in [0.15, 0.2) is 0 Å². The van der Waals surface area contributed by atoms with E-state index in [1.807, 2.05) is 43.3 Å². The Morgan fingerprint density at radius 2 is 1.86 bits per heavy atom. The molecule has 0 saturated heterocycles. The number of nitrogens with zero attached hydrogens (tertiary/aromatic N) is 1. The molecule has 2 rings (SSSR count). The third-order valence-electron chi connectivity index (χ3n) is 3.52. The molecule has 2 aromatic carbocycles. The normalized spacial score (nSPS) is 10.2. The number of methoxy groups -OCH3 is 1. The number of carbonyl (C=O) groups excluding carboxylic acids is 1. The van der Waals surface area contributed by atoms with Gasteiger partial charge in [-0.2, -0.15) is 0 Å². The number of aryl methyl sites for hydroxylation is 2. The first-order chi connectivity index (χ1) is 10.5. The molecule has 0 atom stereocenters. The van der Waals surface area contributed by atoms with Crippen molar-refractivity contribution in [3.63, 3.8) is 0 Å². The van der Waals surface area contributed by atoms with Gasteiger partial charge in [-0.15, -0.1) is 0 Å². The summed E-state index contributed by atoms with van der Waals surface area (Å²) >= 11 is 0. The van der Waals surface area contributed by atoms with E-state index in [-0.39, 0.29) is 0 Å². The minimum Gasteiger partial charge on any atom is -0.489 e. The lowest BCUT2D eigenvalue weighted by Crippen LogP contribution is -2.27. The van der Waals surface area contributed by atoms with E-state index in [0.717, 1.165) is 22.6 Å². The summed E-state index contributed by atoms with van der Waals surface area (Å²) in [6, 6.07) is 13.7. The van der Waals surface area contributed by atoms with E-state index >= 15 is 0 Å². The van der Waals surface area contributed by atoms with Crippen LogP contribution in [0.3, 0.4) is 0 Å². The molecule has 0 radical (unpaired) electrons. The first kappa shape index (κ1) is 15.9. The van der Waals surface area contributed by atoms with Crippen LogP contribution in [0, 0.1) is 13.8 Å². The van der Waals surface area contributed by atoms with Gasteiger partial charge < -0.3 is 9.47 Å². The molecule has 22 heavy (non-hydrogen) atoms. The minimum absolute atomic E-state index is 0.390. The minimum atomic E-state index is -0.404. The van der Waals surface area contributed by atoms with E-state index in [0.29, 0.717) is 6.61 Å². The number of carbonyl (C=O) groups is 1. The second-order valence-electron chi connectivity index (χ2n) is 5.22. The summed E-state index contributed by atoms with van der Waals surface area (Å²) in [5.74, 6) is 0.848. The molecule has 0 aliphatic heterocycles. The number of para-hydroxylation sites is 1. The van der Waals surface area contributed by atoms with Crippen LogP contribution in [0.4, 0.5) is 10.5 Å². The molecule has 0 heterocycles. The van der Waals surface area contributed by atoms with Gasteiger partial charge in [0.05, 0.1) is 12.8 Å². The van der Waals surface area contributed by atoms with Gasteiger partial charge in [0.2, 0.25) is 0 Å². The summed E-state index contributed by atoms with van der Waals surface area (Å²) in [7, 11) is 3.05. The molecule has 1 amide bonds. The van der Waals surface area contributed by atoms with Crippen molar-refractivity contribution in [2.75, 3.05) is 19.1 Å². The van der Waals surface area contributed by atoms with Crippen molar-refractivity contribution in [1.29, 1.82) is 0 Å². The molecular weight excluding hydrogens is 278 g/mol. The zero-order chi connectivity index (χ0) is 16.1. The first-order valence-electron chi connectivity index (χ1n) is 7.12. The predicted molar refractivity (Wildman–Crippen MR) is 87.5 cm³/mol. The van der Waals surface area contributed by atoms with Crippen LogP contribution in [0.5, 0.6) is 5.75 Å². The van der Waals surface area contributed by atoms with Gasteiger partial charge in [-0.25, -0.2) is 4.79 Å². The van der Waals surface area contributed by atoms with Gasteiger partial charge in [-0.05, 0) is 31.5 Å². The quantitative estimate of drug-likeness (QED) is 0.853. The van der Waals surface area contributed by atoms with Crippen LogP contribution < -0.4 is 9.64 Å². The Kier molecular flexibility index (Phi) is 5.04. The maximum atomic E-state index is 11.7. The van der Waals surface area contributed by atoms with Crippen LogP contribution in [0.1, 0.15) is 16.7 Å². The third kappa shape index (κ3) is 3.58. The number of amides is 1. The number of anilines is 1. The lowest BCUT2D eigenvalue weighted by Gasteiger charge is -2.19. The molecule has 0 fully saturated rings. The lowest BCUT2D eigenvalue weighted by atomic mass is 10.1. The SMILES string of the molecule is COC(=O)N(C)c1ccccc1COc1ccc(C)cc1C. The van der Waals surface area contributed by atoms with Gasteiger partial charge >= 0.3 is 6.09 Å². The smallest absolute Gasteiger partial charge is 0.413 e. The van der Waals surface area contributed by atoms with Crippen molar-refractivity contribution in [2.24, 2.45) is 0 Å².